The Morgan fingerprint density at radius 2 is 2.11 bits per heavy atom. The van der Waals surface area contributed by atoms with Gasteiger partial charge < -0.3 is 10.1 Å². The standard InChI is InChI=1S/C15H18BrNOS/c1-3-17-13(15-12(16)8-9-19-15)10-11-6-4-5-7-14(11)18-2/h4-9,13,17H,3,10H2,1-2H3. The van der Waals surface area contributed by atoms with Gasteiger partial charge in [-0.1, -0.05) is 25.1 Å². The molecule has 1 N–H and O–H groups in total. The van der Waals surface area contributed by atoms with Crippen LogP contribution in [-0.2, 0) is 6.42 Å². The molecule has 2 nitrogen and oxygen atoms in total. The lowest BCUT2D eigenvalue weighted by Gasteiger charge is -2.18. The molecule has 102 valence electrons. The van der Waals surface area contributed by atoms with Crippen LogP contribution in [0.3, 0.4) is 0 Å². The molecule has 1 atom stereocenters. The number of benzene rings is 1. The molecule has 1 unspecified atom stereocenters. The number of hydrogen-bond acceptors (Lipinski definition) is 3. The topological polar surface area (TPSA) is 21.3 Å². The minimum absolute atomic E-state index is 0.315. The molecule has 0 radical (unpaired) electrons. The average molecular weight is 340 g/mol. The molecule has 0 aliphatic rings. The number of halogens is 1. The molecule has 1 aromatic carbocycles. The second-order valence-corrected chi connectivity index (χ2v) is 6.06. The molecule has 0 aliphatic heterocycles. The first kappa shape index (κ1) is 14.6. The Bertz CT molecular complexity index is 526. The van der Waals surface area contributed by atoms with Crippen LogP contribution >= 0.6 is 27.3 Å². The van der Waals surface area contributed by atoms with E-state index in [0.29, 0.717) is 6.04 Å². The van der Waals surface area contributed by atoms with Crippen LogP contribution in [0.1, 0.15) is 23.4 Å². The molecule has 0 aliphatic carbocycles. The Morgan fingerprint density at radius 1 is 1.32 bits per heavy atom. The molecule has 0 saturated carbocycles. The SMILES string of the molecule is CCNC(Cc1ccccc1OC)c1sccc1Br. The van der Waals surface area contributed by atoms with Gasteiger partial charge in [0.15, 0.2) is 0 Å². The van der Waals surface area contributed by atoms with E-state index in [-0.39, 0.29) is 0 Å². The van der Waals surface area contributed by atoms with E-state index in [4.69, 9.17) is 4.74 Å². The average Bonchev–Trinajstić information content (AvgIpc) is 2.85. The molecule has 2 aromatic rings. The monoisotopic (exact) mass is 339 g/mol. The van der Waals surface area contributed by atoms with Crippen LogP contribution < -0.4 is 10.1 Å². The van der Waals surface area contributed by atoms with Crippen LogP contribution in [0.15, 0.2) is 40.2 Å². The summed E-state index contributed by atoms with van der Waals surface area (Å²) in [6, 6.07) is 10.6. The molecule has 0 amide bonds. The van der Waals surface area contributed by atoms with Gasteiger partial charge in [0, 0.05) is 15.4 Å². The Labute approximate surface area is 126 Å². The van der Waals surface area contributed by atoms with Crippen LogP contribution in [0.4, 0.5) is 0 Å². The summed E-state index contributed by atoms with van der Waals surface area (Å²) in [7, 11) is 1.72. The van der Waals surface area contributed by atoms with E-state index in [9.17, 15) is 0 Å². The van der Waals surface area contributed by atoms with E-state index in [1.54, 1.807) is 18.4 Å². The lowest BCUT2D eigenvalue weighted by molar-refractivity contribution is 0.406. The fraction of sp³-hybridized carbons (Fsp3) is 0.333. The van der Waals surface area contributed by atoms with Crippen molar-refractivity contribution in [2.75, 3.05) is 13.7 Å². The maximum atomic E-state index is 5.44. The number of nitrogens with one attached hydrogen (secondary N) is 1. The zero-order valence-corrected chi connectivity index (χ0v) is 13.6. The van der Waals surface area contributed by atoms with Gasteiger partial charge in [-0.3, -0.25) is 0 Å². The summed E-state index contributed by atoms with van der Waals surface area (Å²) in [6.07, 6.45) is 0.928. The second-order valence-electron chi connectivity index (χ2n) is 4.26. The minimum atomic E-state index is 0.315. The summed E-state index contributed by atoms with van der Waals surface area (Å²) >= 11 is 5.41. The van der Waals surface area contributed by atoms with Gasteiger partial charge in [0.05, 0.1) is 7.11 Å². The first-order valence-corrected chi connectivity index (χ1v) is 8.01. The van der Waals surface area contributed by atoms with E-state index in [2.05, 4.69) is 51.7 Å². The number of thiophene rings is 1. The summed E-state index contributed by atoms with van der Waals surface area (Å²) in [4.78, 5) is 1.34. The van der Waals surface area contributed by atoms with Crippen molar-refractivity contribution in [1.82, 2.24) is 5.32 Å². The number of likely N-dealkylation sites (N-methyl/N-ethyl adjacent to an activating group) is 1. The Morgan fingerprint density at radius 3 is 2.74 bits per heavy atom. The quantitative estimate of drug-likeness (QED) is 0.841. The molecule has 0 saturated heterocycles. The number of rotatable bonds is 6. The highest BCUT2D eigenvalue weighted by Gasteiger charge is 2.17. The van der Waals surface area contributed by atoms with E-state index in [1.807, 2.05) is 12.1 Å². The Hall–Kier alpha value is -0.840. The third-order valence-corrected chi connectivity index (χ3v) is 5.01. The van der Waals surface area contributed by atoms with E-state index >= 15 is 0 Å². The largest absolute Gasteiger partial charge is 0.496 e. The van der Waals surface area contributed by atoms with Gasteiger partial charge in [0.1, 0.15) is 5.75 Å². The molecule has 1 aromatic heterocycles. The zero-order chi connectivity index (χ0) is 13.7. The molecule has 2 rings (SSSR count). The van der Waals surface area contributed by atoms with Gasteiger partial charge in [0.2, 0.25) is 0 Å². The molecular formula is C15H18BrNOS. The zero-order valence-electron chi connectivity index (χ0n) is 11.2. The van der Waals surface area contributed by atoms with Gasteiger partial charge in [-0.05, 0) is 52.0 Å². The highest BCUT2D eigenvalue weighted by atomic mass is 79.9. The van der Waals surface area contributed by atoms with Crippen molar-refractivity contribution in [3.8, 4) is 5.75 Å². The van der Waals surface area contributed by atoms with Crippen LogP contribution in [0.2, 0.25) is 0 Å². The predicted molar refractivity (Wildman–Crippen MR) is 85.1 cm³/mol. The third kappa shape index (κ3) is 3.59. The van der Waals surface area contributed by atoms with E-state index in [1.165, 1.54) is 14.9 Å². The Balaban J connectivity index is 2.24. The van der Waals surface area contributed by atoms with E-state index < -0.39 is 0 Å². The fourth-order valence-corrected chi connectivity index (χ4v) is 3.88. The summed E-state index contributed by atoms with van der Waals surface area (Å²) in [6.45, 7) is 3.08. The molecule has 0 fully saturated rings. The van der Waals surface area contributed by atoms with Crippen LogP contribution in [0.5, 0.6) is 5.75 Å². The Kier molecular flexibility index (Phi) is 5.43. The lowest BCUT2D eigenvalue weighted by Crippen LogP contribution is -2.22. The predicted octanol–water partition coefficient (Wildman–Crippen LogP) is 4.41. The number of para-hydroxylation sites is 1. The van der Waals surface area contributed by atoms with Crippen LogP contribution in [0, 0.1) is 0 Å². The van der Waals surface area contributed by atoms with Crippen LogP contribution in [0.25, 0.3) is 0 Å². The summed E-state index contributed by atoms with van der Waals surface area (Å²) in [5.74, 6) is 0.957. The highest BCUT2D eigenvalue weighted by molar-refractivity contribution is 9.10. The van der Waals surface area contributed by atoms with Crippen molar-refractivity contribution >= 4 is 27.3 Å². The van der Waals surface area contributed by atoms with Crippen molar-refractivity contribution < 1.29 is 4.74 Å². The second kappa shape index (κ2) is 7.08. The van der Waals surface area contributed by atoms with Crippen molar-refractivity contribution in [3.63, 3.8) is 0 Å². The maximum absolute atomic E-state index is 5.44. The number of ether oxygens (including phenoxy) is 1. The fourth-order valence-electron chi connectivity index (χ4n) is 2.15. The normalized spacial score (nSPS) is 12.4. The van der Waals surface area contributed by atoms with E-state index in [0.717, 1.165) is 18.7 Å². The van der Waals surface area contributed by atoms with Gasteiger partial charge in [-0.2, -0.15) is 0 Å². The van der Waals surface area contributed by atoms with Crippen LogP contribution in [-0.4, -0.2) is 13.7 Å². The number of hydrogen-bond donors (Lipinski definition) is 1. The molecule has 4 heteroatoms. The first-order valence-electron chi connectivity index (χ1n) is 6.34. The molecule has 0 bridgehead atoms. The molecule has 1 heterocycles. The van der Waals surface area contributed by atoms with Crippen molar-refractivity contribution in [1.29, 1.82) is 0 Å². The third-order valence-electron chi connectivity index (χ3n) is 3.03. The first-order chi connectivity index (χ1) is 9.26. The van der Waals surface area contributed by atoms with Gasteiger partial charge >= 0.3 is 0 Å². The van der Waals surface area contributed by atoms with Crippen molar-refractivity contribution in [3.05, 3.63) is 50.6 Å². The number of methoxy groups -OCH3 is 1. The van der Waals surface area contributed by atoms with Gasteiger partial charge in [0.25, 0.3) is 0 Å². The van der Waals surface area contributed by atoms with Crippen molar-refractivity contribution in [2.24, 2.45) is 0 Å². The smallest absolute Gasteiger partial charge is 0.122 e. The lowest BCUT2D eigenvalue weighted by atomic mass is 10.0. The summed E-state index contributed by atoms with van der Waals surface area (Å²) in [5, 5.41) is 5.67. The van der Waals surface area contributed by atoms with Gasteiger partial charge in [-0.15, -0.1) is 11.3 Å². The highest BCUT2D eigenvalue weighted by Crippen LogP contribution is 2.32. The van der Waals surface area contributed by atoms with Crippen molar-refractivity contribution in [2.45, 2.75) is 19.4 Å². The minimum Gasteiger partial charge on any atom is -0.496 e. The summed E-state index contributed by atoms with van der Waals surface area (Å²) in [5.41, 5.74) is 1.23. The molecule has 0 spiro atoms. The summed E-state index contributed by atoms with van der Waals surface area (Å²) < 4.78 is 6.61. The maximum Gasteiger partial charge on any atom is 0.122 e. The molecule has 19 heavy (non-hydrogen) atoms. The van der Waals surface area contributed by atoms with Gasteiger partial charge in [-0.25, -0.2) is 0 Å². The molecular weight excluding hydrogens is 322 g/mol.